The Bertz CT molecular complexity index is 273. The van der Waals surface area contributed by atoms with Crippen LogP contribution in [0.25, 0.3) is 0 Å². The summed E-state index contributed by atoms with van der Waals surface area (Å²) in [6, 6.07) is 6.94. The Morgan fingerprint density at radius 3 is 2.43 bits per heavy atom. The van der Waals surface area contributed by atoms with Crippen LogP contribution in [0.4, 0.5) is 0 Å². The van der Waals surface area contributed by atoms with Crippen molar-refractivity contribution in [2.24, 2.45) is 0 Å². The average Bonchev–Trinajstić information content (AvgIpc) is 2.19. The van der Waals surface area contributed by atoms with Gasteiger partial charge in [0, 0.05) is 0 Å². The van der Waals surface area contributed by atoms with Crippen LogP contribution in [0.2, 0.25) is 0 Å². The van der Waals surface area contributed by atoms with Crippen LogP contribution in [-0.2, 0) is 12.8 Å². The Balaban J connectivity index is 2.74. The Morgan fingerprint density at radius 2 is 1.79 bits per heavy atom. The second-order valence-corrected chi connectivity index (χ2v) is 4.11. The first-order valence-corrected chi connectivity index (χ1v) is 5.86. The minimum absolute atomic E-state index is 1.22. The zero-order valence-electron chi connectivity index (χ0n) is 9.77. The molecule has 0 bridgehead atoms. The van der Waals surface area contributed by atoms with Gasteiger partial charge >= 0.3 is 0 Å². The van der Waals surface area contributed by atoms with E-state index in [-0.39, 0.29) is 0 Å². The molecule has 0 atom stereocenters. The van der Waals surface area contributed by atoms with Crippen molar-refractivity contribution in [3.05, 3.63) is 34.9 Å². The Labute approximate surface area is 88.4 Å². The molecule has 0 unspecified atom stereocenters. The molecule has 14 heavy (non-hydrogen) atoms. The maximum Gasteiger partial charge on any atom is -0.0276 e. The first kappa shape index (κ1) is 11.3. The van der Waals surface area contributed by atoms with Gasteiger partial charge in [0.15, 0.2) is 0 Å². The van der Waals surface area contributed by atoms with Gasteiger partial charge in [-0.2, -0.15) is 0 Å². The van der Waals surface area contributed by atoms with Crippen molar-refractivity contribution in [3.63, 3.8) is 0 Å². The van der Waals surface area contributed by atoms with Crippen molar-refractivity contribution in [2.75, 3.05) is 0 Å². The molecule has 0 amide bonds. The van der Waals surface area contributed by atoms with Gasteiger partial charge < -0.3 is 0 Å². The number of hydrogen-bond donors (Lipinski definition) is 0. The van der Waals surface area contributed by atoms with E-state index in [9.17, 15) is 0 Å². The lowest BCUT2D eigenvalue weighted by Crippen LogP contribution is -1.92. The van der Waals surface area contributed by atoms with E-state index in [4.69, 9.17) is 0 Å². The second-order valence-electron chi connectivity index (χ2n) is 4.11. The maximum atomic E-state index is 2.40. The smallest absolute Gasteiger partial charge is 0.0276 e. The average molecular weight is 190 g/mol. The van der Waals surface area contributed by atoms with Crippen molar-refractivity contribution >= 4 is 0 Å². The third kappa shape index (κ3) is 3.17. The van der Waals surface area contributed by atoms with E-state index in [2.05, 4.69) is 39.0 Å². The molecular formula is C14H22. The Kier molecular flexibility index (Phi) is 4.72. The fourth-order valence-corrected chi connectivity index (χ4v) is 1.81. The van der Waals surface area contributed by atoms with Crippen LogP contribution in [-0.4, -0.2) is 0 Å². The molecule has 0 N–H and O–H groups in total. The second kappa shape index (κ2) is 5.85. The zero-order valence-corrected chi connectivity index (χ0v) is 9.77. The normalized spacial score (nSPS) is 10.5. The maximum absolute atomic E-state index is 2.40. The predicted octanol–water partition coefficient (Wildman–Crippen LogP) is 4.29. The van der Waals surface area contributed by atoms with Gasteiger partial charge in [-0.15, -0.1) is 0 Å². The van der Waals surface area contributed by atoms with Gasteiger partial charge in [-0.05, 0) is 42.9 Å². The highest BCUT2D eigenvalue weighted by molar-refractivity contribution is 5.31. The van der Waals surface area contributed by atoms with Gasteiger partial charge in [0.05, 0.1) is 0 Å². The van der Waals surface area contributed by atoms with E-state index in [1.807, 2.05) is 0 Å². The number of rotatable bonds is 5. The molecule has 0 aliphatic rings. The van der Waals surface area contributed by atoms with Crippen LogP contribution in [0.15, 0.2) is 18.2 Å². The highest BCUT2D eigenvalue weighted by atomic mass is 14.0. The summed E-state index contributed by atoms with van der Waals surface area (Å²) in [6.07, 6.45) is 6.32. The van der Waals surface area contributed by atoms with Crippen LogP contribution in [0, 0.1) is 6.92 Å². The lowest BCUT2D eigenvalue weighted by molar-refractivity contribution is 0.788. The first-order chi connectivity index (χ1) is 6.77. The topological polar surface area (TPSA) is 0 Å². The first-order valence-electron chi connectivity index (χ1n) is 5.86. The van der Waals surface area contributed by atoms with Crippen molar-refractivity contribution in [3.8, 4) is 0 Å². The summed E-state index contributed by atoms with van der Waals surface area (Å²) in [5.74, 6) is 0. The van der Waals surface area contributed by atoms with E-state index in [1.165, 1.54) is 43.2 Å². The van der Waals surface area contributed by atoms with Crippen molar-refractivity contribution in [1.82, 2.24) is 0 Å². The van der Waals surface area contributed by atoms with Gasteiger partial charge in [0.25, 0.3) is 0 Å². The summed E-state index contributed by atoms with van der Waals surface area (Å²) >= 11 is 0. The van der Waals surface area contributed by atoms with Crippen molar-refractivity contribution < 1.29 is 0 Å². The molecule has 0 aliphatic carbocycles. The van der Waals surface area contributed by atoms with Gasteiger partial charge in [0.1, 0.15) is 0 Å². The highest BCUT2D eigenvalue weighted by Gasteiger charge is 1.99. The molecule has 0 nitrogen and oxygen atoms in total. The number of hydrogen-bond acceptors (Lipinski definition) is 0. The fraction of sp³-hybridized carbons (Fsp3) is 0.571. The molecule has 0 aromatic heterocycles. The summed E-state index contributed by atoms with van der Waals surface area (Å²) in [5.41, 5.74) is 4.51. The molecular weight excluding hydrogens is 168 g/mol. The molecule has 0 aliphatic heterocycles. The van der Waals surface area contributed by atoms with E-state index >= 15 is 0 Å². The molecule has 0 heterocycles. The minimum Gasteiger partial charge on any atom is -0.0654 e. The quantitative estimate of drug-likeness (QED) is 0.649. The van der Waals surface area contributed by atoms with Gasteiger partial charge in [-0.3, -0.25) is 0 Å². The van der Waals surface area contributed by atoms with Crippen molar-refractivity contribution in [1.29, 1.82) is 0 Å². The van der Waals surface area contributed by atoms with Gasteiger partial charge in [-0.1, -0.05) is 44.9 Å². The molecule has 0 saturated carbocycles. The largest absolute Gasteiger partial charge is 0.0654 e. The molecule has 1 aromatic rings. The van der Waals surface area contributed by atoms with Gasteiger partial charge in [0.2, 0.25) is 0 Å². The monoisotopic (exact) mass is 190 g/mol. The summed E-state index contributed by atoms with van der Waals surface area (Å²) < 4.78 is 0. The highest BCUT2D eigenvalue weighted by Crippen LogP contribution is 2.15. The predicted molar refractivity (Wildman–Crippen MR) is 63.8 cm³/mol. The van der Waals surface area contributed by atoms with Crippen LogP contribution in [0.1, 0.15) is 49.8 Å². The molecule has 0 saturated heterocycles. The van der Waals surface area contributed by atoms with E-state index < -0.39 is 0 Å². The van der Waals surface area contributed by atoms with Gasteiger partial charge in [-0.25, -0.2) is 0 Å². The fourth-order valence-electron chi connectivity index (χ4n) is 1.81. The summed E-state index contributed by atoms with van der Waals surface area (Å²) in [6.45, 7) is 6.72. The molecule has 0 heteroatoms. The van der Waals surface area contributed by atoms with Crippen LogP contribution < -0.4 is 0 Å². The standard InChI is InChI=1S/C14H22/c1-4-6-8-14-11-13(7-5-2)10-9-12(14)3/h9-11H,4-8H2,1-3H3. The van der Waals surface area contributed by atoms with Crippen LogP contribution in [0.5, 0.6) is 0 Å². The van der Waals surface area contributed by atoms with E-state index in [0.717, 1.165) is 0 Å². The lowest BCUT2D eigenvalue weighted by atomic mass is 9.98. The molecule has 0 spiro atoms. The van der Waals surface area contributed by atoms with Crippen LogP contribution in [0.3, 0.4) is 0 Å². The molecule has 1 aromatic carbocycles. The van der Waals surface area contributed by atoms with E-state index in [1.54, 1.807) is 5.56 Å². The van der Waals surface area contributed by atoms with E-state index in [0.29, 0.717) is 0 Å². The summed E-state index contributed by atoms with van der Waals surface area (Å²) in [7, 11) is 0. The Hall–Kier alpha value is -0.780. The molecule has 0 radical (unpaired) electrons. The number of aryl methyl sites for hydroxylation is 3. The Morgan fingerprint density at radius 1 is 1.00 bits per heavy atom. The third-order valence-corrected chi connectivity index (χ3v) is 2.75. The molecule has 0 fully saturated rings. The molecule has 1 rings (SSSR count). The number of unbranched alkanes of at least 4 members (excludes halogenated alkanes) is 1. The lowest BCUT2D eigenvalue weighted by Gasteiger charge is -2.07. The van der Waals surface area contributed by atoms with Crippen molar-refractivity contribution in [2.45, 2.75) is 52.9 Å². The zero-order chi connectivity index (χ0) is 10.4. The van der Waals surface area contributed by atoms with Crippen LogP contribution >= 0.6 is 0 Å². The third-order valence-electron chi connectivity index (χ3n) is 2.75. The number of benzene rings is 1. The summed E-state index contributed by atoms with van der Waals surface area (Å²) in [5, 5.41) is 0. The molecule has 78 valence electrons. The summed E-state index contributed by atoms with van der Waals surface area (Å²) in [4.78, 5) is 0. The minimum atomic E-state index is 1.22. The SMILES string of the molecule is CCCCc1cc(CCC)ccc1C.